The first-order chi connectivity index (χ1) is 12.8. The minimum atomic E-state index is -3.59. The Labute approximate surface area is 159 Å². The molecule has 150 valence electrons. The minimum absolute atomic E-state index is 0.222. The van der Waals surface area contributed by atoms with E-state index >= 15 is 0 Å². The molecular weight excluding hydrogens is 372 g/mol. The Hall–Kier alpha value is -2.17. The lowest BCUT2D eigenvalue weighted by atomic mass is 10.2. The molecular formula is C17H27N4O5S+. The van der Waals surface area contributed by atoms with Crippen LogP contribution in [0, 0.1) is 0 Å². The lowest BCUT2D eigenvalue weighted by molar-refractivity contribution is -0.917. The van der Waals surface area contributed by atoms with Crippen LogP contribution in [0.25, 0.3) is 0 Å². The molecule has 0 saturated carbocycles. The molecule has 3 N–H and O–H groups in total. The summed E-state index contributed by atoms with van der Waals surface area (Å²) < 4.78 is 32.4. The number of benzene rings is 1. The van der Waals surface area contributed by atoms with Crippen molar-refractivity contribution >= 4 is 22.0 Å². The fourth-order valence-corrected chi connectivity index (χ4v) is 4.38. The van der Waals surface area contributed by atoms with Gasteiger partial charge in [0.15, 0.2) is 6.04 Å². The highest BCUT2D eigenvalue weighted by Gasteiger charge is 2.34. The van der Waals surface area contributed by atoms with E-state index in [2.05, 4.69) is 10.6 Å². The van der Waals surface area contributed by atoms with Crippen LogP contribution in [-0.4, -0.2) is 70.5 Å². The van der Waals surface area contributed by atoms with Gasteiger partial charge in [0.05, 0.1) is 37.7 Å². The fourth-order valence-electron chi connectivity index (χ4n) is 2.94. The van der Waals surface area contributed by atoms with Gasteiger partial charge < -0.3 is 15.0 Å². The van der Waals surface area contributed by atoms with Gasteiger partial charge in [0.2, 0.25) is 10.0 Å². The van der Waals surface area contributed by atoms with Crippen LogP contribution in [0.2, 0.25) is 0 Å². The maximum Gasteiger partial charge on any atom is 0.321 e. The van der Waals surface area contributed by atoms with Crippen molar-refractivity contribution < 1.29 is 27.6 Å². The number of imide groups is 1. The van der Waals surface area contributed by atoms with Crippen LogP contribution in [-0.2, 0) is 14.8 Å². The summed E-state index contributed by atoms with van der Waals surface area (Å²) in [6, 6.07) is 5.37. The number of sulfonamides is 1. The number of nitrogens with zero attached hydrogens (tertiary/aromatic N) is 1. The summed E-state index contributed by atoms with van der Waals surface area (Å²) in [6.07, 6.45) is 0. The number of piperazine rings is 1. The van der Waals surface area contributed by atoms with Crippen molar-refractivity contribution in [2.45, 2.75) is 24.8 Å². The second kappa shape index (κ2) is 9.16. The van der Waals surface area contributed by atoms with E-state index in [1.165, 1.54) is 11.4 Å². The van der Waals surface area contributed by atoms with Gasteiger partial charge in [0, 0.05) is 7.05 Å². The highest BCUT2D eigenvalue weighted by molar-refractivity contribution is 7.89. The normalized spacial score (nSPS) is 17.1. The molecule has 27 heavy (non-hydrogen) atoms. The molecule has 1 heterocycles. The third-order valence-electron chi connectivity index (χ3n) is 4.61. The van der Waals surface area contributed by atoms with Gasteiger partial charge >= 0.3 is 6.03 Å². The molecule has 0 spiro atoms. The summed E-state index contributed by atoms with van der Waals surface area (Å²) in [5.74, 6) is 0.244. The first kappa shape index (κ1) is 21.1. The summed E-state index contributed by atoms with van der Waals surface area (Å²) in [4.78, 5) is 24.5. The fraction of sp³-hybridized carbons (Fsp3) is 0.529. The van der Waals surface area contributed by atoms with E-state index in [1.54, 1.807) is 31.2 Å². The maximum atomic E-state index is 12.8. The third-order valence-corrected chi connectivity index (χ3v) is 6.52. The van der Waals surface area contributed by atoms with Gasteiger partial charge in [0.25, 0.3) is 5.91 Å². The van der Waals surface area contributed by atoms with E-state index in [9.17, 15) is 18.0 Å². The molecule has 1 saturated heterocycles. The first-order valence-electron chi connectivity index (χ1n) is 8.89. The van der Waals surface area contributed by atoms with Crippen molar-refractivity contribution in [3.8, 4) is 5.75 Å². The highest BCUT2D eigenvalue weighted by Crippen LogP contribution is 2.19. The zero-order valence-electron chi connectivity index (χ0n) is 15.8. The summed E-state index contributed by atoms with van der Waals surface area (Å²) in [7, 11) is -2.15. The van der Waals surface area contributed by atoms with Crippen LogP contribution in [0.4, 0.5) is 4.79 Å². The molecule has 0 radical (unpaired) electrons. The summed E-state index contributed by atoms with van der Waals surface area (Å²) in [6.45, 7) is 5.69. The Kier molecular flexibility index (Phi) is 7.17. The maximum absolute atomic E-state index is 12.8. The van der Waals surface area contributed by atoms with Crippen molar-refractivity contribution in [3.05, 3.63) is 24.3 Å². The van der Waals surface area contributed by atoms with Gasteiger partial charge in [-0.2, -0.15) is 4.31 Å². The molecule has 0 aromatic heterocycles. The van der Waals surface area contributed by atoms with Gasteiger partial charge in [-0.25, -0.2) is 13.2 Å². The van der Waals surface area contributed by atoms with Crippen molar-refractivity contribution in [1.82, 2.24) is 14.9 Å². The molecule has 1 fully saturated rings. The van der Waals surface area contributed by atoms with Gasteiger partial charge in [-0.05, 0) is 38.1 Å². The van der Waals surface area contributed by atoms with Crippen molar-refractivity contribution in [1.29, 1.82) is 0 Å². The van der Waals surface area contributed by atoms with Gasteiger partial charge in [-0.1, -0.05) is 0 Å². The Morgan fingerprint density at radius 2 is 1.81 bits per heavy atom. The number of nitrogens with one attached hydrogen (secondary N) is 3. The summed E-state index contributed by atoms with van der Waals surface area (Å²) in [5.41, 5.74) is 0. The van der Waals surface area contributed by atoms with Crippen LogP contribution < -0.4 is 20.3 Å². The summed E-state index contributed by atoms with van der Waals surface area (Å²) >= 11 is 0. The van der Waals surface area contributed by atoms with E-state index in [-0.39, 0.29) is 10.8 Å². The second-order valence-corrected chi connectivity index (χ2v) is 8.19. The van der Waals surface area contributed by atoms with Crippen molar-refractivity contribution in [3.63, 3.8) is 0 Å². The van der Waals surface area contributed by atoms with Crippen LogP contribution in [0.1, 0.15) is 13.8 Å². The quantitative estimate of drug-likeness (QED) is 0.558. The molecule has 1 aliphatic heterocycles. The number of rotatable bonds is 6. The number of hydrogen-bond donors (Lipinski definition) is 3. The number of ether oxygens (including phenoxy) is 1. The van der Waals surface area contributed by atoms with Crippen LogP contribution in [0.15, 0.2) is 29.2 Å². The van der Waals surface area contributed by atoms with Crippen molar-refractivity contribution in [2.75, 3.05) is 39.8 Å². The Bertz CT molecular complexity index is 758. The average molecular weight is 399 g/mol. The molecule has 1 aromatic carbocycles. The molecule has 0 aliphatic carbocycles. The third kappa shape index (κ3) is 5.18. The molecule has 3 amide bonds. The zero-order chi connectivity index (χ0) is 20.0. The number of urea groups is 1. The standard InChI is InChI=1S/C17H26N4O5S/c1-4-26-14-5-7-15(8-6-14)27(24,25)21-11-9-20(10-12-21)13(2)16(22)19-17(23)18-3/h5-8,13H,4,9-12H2,1-3H3,(H2,18,19,22,23)/p+1/t13-/m1/s1. The van der Waals surface area contributed by atoms with E-state index in [0.29, 0.717) is 38.5 Å². The number of carbonyl (C=O) groups excluding carboxylic acids is 2. The number of quaternary nitrogens is 1. The lowest BCUT2D eigenvalue weighted by Crippen LogP contribution is -3.19. The van der Waals surface area contributed by atoms with Crippen LogP contribution in [0.5, 0.6) is 5.75 Å². The lowest BCUT2D eigenvalue weighted by Gasteiger charge is -2.34. The molecule has 1 atom stereocenters. The predicted octanol–water partition coefficient (Wildman–Crippen LogP) is -1.18. The molecule has 2 rings (SSSR count). The minimum Gasteiger partial charge on any atom is -0.494 e. The Morgan fingerprint density at radius 1 is 1.22 bits per heavy atom. The molecule has 0 unspecified atom stereocenters. The van der Waals surface area contributed by atoms with E-state index < -0.39 is 22.1 Å². The molecule has 0 bridgehead atoms. The molecule has 9 nitrogen and oxygen atoms in total. The van der Waals surface area contributed by atoms with E-state index in [0.717, 1.165) is 4.90 Å². The number of carbonyl (C=O) groups is 2. The van der Waals surface area contributed by atoms with Gasteiger partial charge in [-0.15, -0.1) is 0 Å². The van der Waals surface area contributed by atoms with Gasteiger partial charge in [0.1, 0.15) is 5.75 Å². The number of amides is 3. The molecule has 1 aliphatic rings. The van der Waals surface area contributed by atoms with Crippen LogP contribution in [0.3, 0.4) is 0 Å². The van der Waals surface area contributed by atoms with E-state index in [4.69, 9.17) is 4.74 Å². The SMILES string of the molecule is CCOc1ccc(S(=O)(=O)N2CC[NH+]([C@H](C)C(=O)NC(=O)NC)CC2)cc1. The molecule has 10 heteroatoms. The average Bonchev–Trinajstić information content (AvgIpc) is 2.68. The number of hydrogen-bond acceptors (Lipinski definition) is 5. The smallest absolute Gasteiger partial charge is 0.321 e. The Balaban J connectivity index is 1.97. The monoisotopic (exact) mass is 399 g/mol. The zero-order valence-corrected chi connectivity index (χ0v) is 16.6. The highest BCUT2D eigenvalue weighted by atomic mass is 32.2. The van der Waals surface area contributed by atoms with E-state index in [1.807, 2.05) is 6.92 Å². The first-order valence-corrected chi connectivity index (χ1v) is 10.3. The Morgan fingerprint density at radius 3 is 2.33 bits per heavy atom. The topological polar surface area (TPSA) is 109 Å². The summed E-state index contributed by atoms with van der Waals surface area (Å²) in [5, 5.41) is 4.59. The van der Waals surface area contributed by atoms with Gasteiger partial charge in [-0.3, -0.25) is 10.1 Å². The van der Waals surface area contributed by atoms with Crippen molar-refractivity contribution in [2.24, 2.45) is 0 Å². The molecule has 1 aromatic rings. The second-order valence-electron chi connectivity index (χ2n) is 6.26. The largest absolute Gasteiger partial charge is 0.494 e. The van der Waals surface area contributed by atoms with Crippen LogP contribution >= 0.6 is 0 Å². The predicted molar refractivity (Wildman–Crippen MR) is 99.1 cm³/mol.